The van der Waals surface area contributed by atoms with E-state index in [9.17, 15) is 22.8 Å². The summed E-state index contributed by atoms with van der Waals surface area (Å²) >= 11 is 5.16. The number of hydrogen-bond donors (Lipinski definition) is 0. The zero-order valence-corrected chi connectivity index (χ0v) is 11.3. The van der Waals surface area contributed by atoms with Gasteiger partial charge in [0, 0.05) is 5.56 Å². The van der Waals surface area contributed by atoms with Crippen LogP contribution in [0.25, 0.3) is 5.57 Å². The highest BCUT2D eigenvalue weighted by molar-refractivity contribution is 6.75. The minimum atomic E-state index is -4.16. The quantitative estimate of drug-likeness (QED) is 0.476. The van der Waals surface area contributed by atoms with E-state index in [0.29, 0.717) is 13.8 Å². The van der Waals surface area contributed by atoms with E-state index in [1.807, 2.05) is 0 Å². The molecule has 0 fully saturated rings. The maximum atomic E-state index is 13.5. The van der Waals surface area contributed by atoms with Crippen molar-refractivity contribution >= 4 is 28.4 Å². The lowest BCUT2D eigenvalue weighted by Gasteiger charge is -2.27. The van der Waals surface area contributed by atoms with Gasteiger partial charge in [0.1, 0.15) is 17.3 Å². The van der Waals surface area contributed by atoms with Gasteiger partial charge in [0.15, 0.2) is 0 Å². The Morgan fingerprint density at radius 3 is 2.25 bits per heavy atom. The van der Waals surface area contributed by atoms with Gasteiger partial charge in [-0.1, -0.05) is 12.1 Å². The molecule has 1 aromatic rings. The lowest BCUT2D eigenvalue weighted by atomic mass is 10.1. The molecule has 108 valence electrons. The number of rotatable bonds is 5. The predicted octanol–water partition coefficient (Wildman–Crippen LogP) is 3.39. The third-order valence-corrected chi connectivity index (χ3v) is 2.57. The van der Waals surface area contributed by atoms with Gasteiger partial charge in [-0.15, -0.1) is 0 Å². The summed E-state index contributed by atoms with van der Waals surface area (Å²) in [6.45, 7) is 1.28. The maximum Gasteiger partial charge on any atom is 0.432 e. The van der Waals surface area contributed by atoms with Gasteiger partial charge in [0.2, 0.25) is 5.67 Å². The van der Waals surface area contributed by atoms with Crippen molar-refractivity contribution in [3.63, 3.8) is 0 Å². The highest BCUT2D eigenvalue weighted by Gasteiger charge is 2.51. The van der Waals surface area contributed by atoms with Gasteiger partial charge in [0.25, 0.3) is 5.24 Å². The number of hydrogen-bond acceptors (Lipinski definition) is 3. The van der Waals surface area contributed by atoms with Crippen LogP contribution in [-0.4, -0.2) is 23.0 Å². The van der Waals surface area contributed by atoms with Crippen LogP contribution in [0.3, 0.4) is 0 Å². The van der Waals surface area contributed by atoms with Gasteiger partial charge < -0.3 is 4.74 Å². The summed E-state index contributed by atoms with van der Waals surface area (Å²) in [4.78, 5) is 21.7. The molecule has 0 saturated carbocycles. The molecule has 1 rings (SSSR count). The third-order valence-electron chi connectivity index (χ3n) is 2.39. The van der Waals surface area contributed by atoms with Gasteiger partial charge in [-0.3, -0.25) is 4.79 Å². The molecule has 0 atom stereocenters. The predicted molar refractivity (Wildman–Crippen MR) is 67.2 cm³/mol. The van der Waals surface area contributed by atoms with Crippen LogP contribution in [0.5, 0.6) is 5.75 Å². The summed E-state index contributed by atoms with van der Waals surface area (Å²) < 4.78 is 44.8. The second-order valence-electron chi connectivity index (χ2n) is 4.34. The first kappa shape index (κ1) is 16.3. The van der Waals surface area contributed by atoms with E-state index in [-0.39, 0.29) is 5.56 Å². The van der Waals surface area contributed by atoms with Gasteiger partial charge in [0.05, 0.1) is 0 Å². The number of ether oxygens (including phenoxy) is 1. The molecule has 3 nitrogen and oxygen atoms in total. The fourth-order valence-corrected chi connectivity index (χ4v) is 1.36. The molecule has 0 radical (unpaired) electrons. The summed E-state index contributed by atoms with van der Waals surface area (Å²) in [6, 6.07) is 4.92. The Balaban J connectivity index is 3.29. The number of benzene rings is 1. The topological polar surface area (TPSA) is 43.4 Å². The van der Waals surface area contributed by atoms with Crippen LogP contribution >= 0.6 is 11.6 Å². The van der Waals surface area contributed by atoms with Crippen LogP contribution in [0.1, 0.15) is 19.4 Å². The Labute approximate surface area is 118 Å². The molecular weight excluding hydrogens is 297 g/mol. The van der Waals surface area contributed by atoms with Gasteiger partial charge in [-0.05, 0) is 37.6 Å². The fourth-order valence-electron chi connectivity index (χ4n) is 1.22. The number of halogens is 4. The molecule has 0 aliphatic carbocycles. The number of alkyl halides is 3. The molecule has 7 heteroatoms. The minimum absolute atomic E-state index is 0.286. The van der Waals surface area contributed by atoms with Crippen LogP contribution in [0, 0.1) is 0 Å². The first-order valence-corrected chi connectivity index (χ1v) is 5.78. The summed E-state index contributed by atoms with van der Waals surface area (Å²) in [6.07, 6.45) is -4.16. The summed E-state index contributed by atoms with van der Waals surface area (Å²) in [5, 5.41) is -1.18. The zero-order valence-electron chi connectivity index (χ0n) is 10.5. The van der Waals surface area contributed by atoms with E-state index >= 15 is 0 Å². The second kappa shape index (κ2) is 5.69. The van der Waals surface area contributed by atoms with Crippen molar-refractivity contribution in [3.8, 4) is 5.75 Å². The molecule has 0 unspecified atom stereocenters. The molecule has 1 aromatic carbocycles. The van der Waals surface area contributed by atoms with Crippen molar-refractivity contribution in [1.82, 2.24) is 0 Å². The standard InChI is InChI=1S/C13H10ClF3O3/c1-12(2,15)13(16,17)20-10-6-4-3-5-8(10)9(7-18)11(14)19/h3-6H,1-2H3. The molecular formula is C13H10ClF3O3. The van der Waals surface area contributed by atoms with Crippen LogP contribution in [-0.2, 0) is 9.59 Å². The first-order chi connectivity index (χ1) is 9.10. The number of para-hydroxylation sites is 1. The van der Waals surface area contributed by atoms with Crippen molar-refractivity contribution in [1.29, 1.82) is 0 Å². The van der Waals surface area contributed by atoms with Gasteiger partial charge >= 0.3 is 6.11 Å². The average molecular weight is 307 g/mol. The number of carbonyl (C=O) groups is 1. The molecule has 0 aromatic heterocycles. The van der Waals surface area contributed by atoms with Crippen molar-refractivity contribution in [2.45, 2.75) is 25.6 Å². The fraction of sp³-hybridized carbons (Fsp3) is 0.308. The Kier molecular flexibility index (Phi) is 4.63. The summed E-state index contributed by atoms with van der Waals surface area (Å²) in [5.41, 5.74) is -3.92. The monoisotopic (exact) mass is 306 g/mol. The van der Waals surface area contributed by atoms with Crippen molar-refractivity contribution in [2.75, 3.05) is 0 Å². The molecule has 0 saturated heterocycles. The minimum Gasteiger partial charge on any atom is -0.430 e. The molecule has 0 aliphatic heterocycles. The third kappa shape index (κ3) is 3.40. The Morgan fingerprint density at radius 2 is 1.80 bits per heavy atom. The molecule has 0 aliphatic rings. The van der Waals surface area contributed by atoms with Crippen molar-refractivity contribution in [3.05, 3.63) is 29.8 Å². The van der Waals surface area contributed by atoms with Crippen molar-refractivity contribution < 1.29 is 27.5 Å². The Hall–Kier alpha value is -1.78. The summed E-state index contributed by atoms with van der Waals surface area (Å²) in [7, 11) is 0. The molecule has 0 heterocycles. The smallest absolute Gasteiger partial charge is 0.430 e. The van der Waals surface area contributed by atoms with Crippen LogP contribution < -0.4 is 4.74 Å². The largest absolute Gasteiger partial charge is 0.432 e. The van der Waals surface area contributed by atoms with E-state index in [1.54, 1.807) is 0 Å². The van der Waals surface area contributed by atoms with E-state index < -0.39 is 28.3 Å². The Bertz CT molecular complexity index is 572. The highest BCUT2D eigenvalue weighted by Crippen LogP contribution is 2.37. The molecule has 0 N–H and O–H groups in total. The van der Waals surface area contributed by atoms with Gasteiger partial charge in [-0.25, -0.2) is 9.18 Å². The van der Waals surface area contributed by atoms with Crippen LogP contribution in [0.2, 0.25) is 0 Å². The van der Waals surface area contributed by atoms with E-state index in [4.69, 9.17) is 11.6 Å². The molecule has 0 bridgehead atoms. The van der Waals surface area contributed by atoms with E-state index in [1.165, 1.54) is 18.1 Å². The SMILES string of the molecule is CC(C)(F)C(F)(F)Oc1ccccc1C(=C=O)C(=O)Cl. The van der Waals surface area contributed by atoms with Crippen LogP contribution in [0.15, 0.2) is 24.3 Å². The van der Waals surface area contributed by atoms with Crippen LogP contribution in [0.4, 0.5) is 13.2 Å². The maximum absolute atomic E-state index is 13.5. The summed E-state index contributed by atoms with van der Waals surface area (Å²) in [5.74, 6) is 0.703. The van der Waals surface area contributed by atoms with Crippen molar-refractivity contribution in [2.24, 2.45) is 0 Å². The first-order valence-electron chi connectivity index (χ1n) is 5.40. The highest BCUT2D eigenvalue weighted by atomic mass is 35.5. The lowest BCUT2D eigenvalue weighted by molar-refractivity contribution is -0.252. The average Bonchev–Trinajstić information content (AvgIpc) is 2.29. The number of carbonyl (C=O) groups excluding carboxylic acids is 2. The number of allylic oxidation sites excluding steroid dienone is 1. The molecule has 20 heavy (non-hydrogen) atoms. The molecule has 0 spiro atoms. The molecule has 0 amide bonds. The Morgan fingerprint density at radius 1 is 1.25 bits per heavy atom. The van der Waals surface area contributed by atoms with Gasteiger partial charge in [-0.2, -0.15) is 8.78 Å². The lowest BCUT2D eigenvalue weighted by Crippen LogP contribution is -2.44. The second-order valence-corrected chi connectivity index (χ2v) is 4.68. The van der Waals surface area contributed by atoms with E-state index in [0.717, 1.165) is 12.1 Å². The zero-order chi connectivity index (χ0) is 15.6. The normalized spacial score (nSPS) is 11.7. The van der Waals surface area contributed by atoms with E-state index in [2.05, 4.69) is 4.74 Å².